The molecule has 1 fully saturated rings. The number of hydrogen-bond acceptors (Lipinski definition) is 4. The molecule has 2 heterocycles. The number of benzene rings is 1. The zero-order valence-electron chi connectivity index (χ0n) is 9.89. The summed E-state index contributed by atoms with van der Waals surface area (Å²) in [4.78, 5) is 2.36. The second-order valence-electron chi connectivity index (χ2n) is 4.65. The van der Waals surface area contributed by atoms with Gasteiger partial charge >= 0.3 is 0 Å². The van der Waals surface area contributed by atoms with Gasteiger partial charge in [-0.2, -0.15) is 0 Å². The first-order chi connectivity index (χ1) is 8.33. The van der Waals surface area contributed by atoms with Crippen LogP contribution in [0.5, 0.6) is 11.5 Å². The zero-order chi connectivity index (χ0) is 11.7. The van der Waals surface area contributed by atoms with Gasteiger partial charge in [-0.3, -0.25) is 0 Å². The molecule has 92 valence electrons. The van der Waals surface area contributed by atoms with Crippen molar-refractivity contribution in [1.82, 2.24) is 0 Å². The van der Waals surface area contributed by atoms with Gasteiger partial charge in [-0.25, -0.2) is 0 Å². The molecule has 0 amide bonds. The third-order valence-corrected chi connectivity index (χ3v) is 3.43. The second kappa shape index (κ2) is 4.45. The normalized spacial score (nSPS) is 20.4. The fraction of sp³-hybridized carbons (Fsp3) is 0.538. The van der Waals surface area contributed by atoms with Crippen LogP contribution < -0.4 is 20.1 Å². The SMILES string of the molecule is NC1CCN(c2ccc3c(c2)OCCO3)CC1. The maximum absolute atomic E-state index is 5.91. The van der Waals surface area contributed by atoms with Crippen LogP contribution in [0.1, 0.15) is 12.8 Å². The Balaban J connectivity index is 1.79. The summed E-state index contributed by atoms with van der Waals surface area (Å²) in [5.74, 6) is 1.72. The number of fused-ring (bicyclic) bond motifs is 1. The molecule has 1 aromatic carbocycles. The number of anilines is 1. The fourth-order valence-electron chi connectivity index (χ4n) is 2.39. The first kappa shape index (κ1) is 10.7. The Kier molecular flexibility index (Phi) is 2.81. The second-order valence-corrected chi connectivity index (χ2v) is 4.65. The monoisotopic (exact) mass is 234 g/mol. The highest BCUT2D eigenvalue weighted by Gasteiger charge is 2.18. The molecule has 0 saturated carbocycles. The van der Waals surface area contributed by atoms with E-state index in [-0.39, 0.29) is 0 Å². The standard InChI is InChI=1S/C13H18N2O2/c14-10-3-5-15(6-4-10)11-1-2-12-13(9-11)17-8-7-16-12/h1-2,9-10H,3-8,14H2. The van der Waals surface area contributed by atoms with E-state index < -0.39 is 0 Å². The highest BCUT2D eigenvalue weighted by atomic mass is 16.6. The van der Waals surface area contributed by atoms with Gasteiger partial charge in [-0.15, -0.1) is 0 Å². The summed E-state index contributed by atoms with van der Waals surface area (Å²) in [7, 11) is 0. The molecule has 4 heteroatoms. The van der Waals surface area contributed by atoms with Crippen LogP contribution in [0.4, 0.5) is 5.69 Å². The summed E-state index contributed by atoms with van der Waals surface area (Å²) in [5, 5.41) is 0. The van der Waals surface area contributed by atoms with Crippen molar-refractivity contribution in [3.8, 4) is 11.5 Å². The number of nitrogens with zero attached hydrogens (tertiary/aromatic N) is 1. The van der Waals surface area contributed by atoms with Crippen molar-refractivity contribution in [3.05, 3.63) is 18.2 Å². The lowest BCUT2D eigenvalue weighted by atomic mass is 10.1. The van der Waals surface area contributed by atoms with Crippen LogP contribution in [0.25, 0.3) is 0 Å². The molecule has 2 N–H and O–H groups in total. The van der Waals surface area contributed by atoms with Gasteiger partial charge in [0.05, 0.1) is 0 Å². The van der Waals surface area contributed by atoms with Gasteiger partial charge in [0.15, 0.2) is 11.5 Å². The lowest BCUT2D eigenvalue weighted by Gasteiger charge is -2.32. The molecular weight excluding hydrogens is 216 g/mol. The minimum absolute atomic E-state index is 0.364. The Morgan fingerprint density at radius 1 is 1.06 bits per heavy atom. The number of nitrogens with two attached hydrogens (primary N) is 1. The van der Waals surface area contributed by atoms with E-state index in [9.17, 15) is 0 Å². The van der Waals surface area contributed by atoms with E-state index in [1.54, 1.807) is 0 Å². The number of hydrogen-bond donors (Lipinski definition) is 1. The summed E-state index contributed by atoms with van der Waals surface area (Å²) < 4.78 is 11.1. The summed E-state index contributed by atoms with van der Waals surface area (Å²) in [6, 6.07) is 6.54. The molecule has 0 unspecified atom stereocenters. The number of rotatable bonds is 1. The van der Waals surface area contributed by atoms with Gasteiger partial charge in [0, 0.05) is 30.9 Å². The van der Waals surface area contributed by atoms with Crippen molar-refractivity contribution in [2.45, 2.75) is 18.9 Å². The smallest absolute Gasteiger partial charge is 0.163 e. The molecule has 0 spiro atoms. The van der Waals surface area contributed by atoms with Crippen LogP contribution in [-0.2, 0) is 0 Å². The van der Waals surface area contributed by atoms with E-state index in [4.69, 9.17) is 15.2 Å². The maximum Gasteiger partial charge on any atom is 0.163 e. The van der Waals surface area contributed by atoms with Crippen molar-refractivity contribution < 1.29 is 9.47 Å². The topological polar surface area (TPSA) is 47.7 Å². The number of piperidine rings is 1. The van der Waals surface area contributed by atoms with Gasteiger partial charge in [0.2, 0.25) is 0 Å². The molecule has 0 aromatic heterocycles. The van der Waals surface area contributed by atoms with E-state index in [0.717, 1.165) is 37.4 Å². The molecule has 3 rings (SSSR count). The van der Waals surface area contributed by atoms with Crippen LogP contribution in [0.15, 0.2) is 18.2 Å². The summed E-state index contributed by atoms with van der Waals surface area (Å²) in [6.45, 7) is 3.34. The molecule has 0 aliphatic carbocycles. The van der Waals surface area contributed by atoms with Crippen LogP contribution in [0.2, 0.25) is 0 Å². The Morgan fingerprint density at radius 2 is 1.76 bits per heavy atom. The molecule has 4 nitrogen and oxygen atoms in total. The van der Waals surface area contributed by atoms with Crippen molar-refractivity contribution in [1.29, 1.82) is 0 Å². The van der Waals surface area contributed by atoms with Gasteiger partial charge in [0.1, 0.15) is 13.2 Å². The Bertz CT molecular complexity index is 400. The highest BCUT2D eigenvalue weighted by molar-refractivity contribution is 5.57. The molecule has 1 saturated heterocycles. The maximum atomic E-state index is 5.91. The first-order valence-corrected chi connectivity index (χ1v) is 6.23. The lowest BCUT2D eigenvalue weighted by molar-refractivity contribution is 0.171. The zero-order valence-corrected chi connectivity index (χ0v) is 9.89. The largest absolute Gasteiger partial charge is 0.486 e. The fourth-order valence-corrected chi connectivity index (χ4v) is 2.39. The summed E-state index contributed by atoms with van der Waals surface area (Å²) in [5.41, 5.74) is 7.12. The molecule has 17 heavy (non-hydrogen) atoms. The Morgan fingerprint density at radius 3 is 2.53 bits per heavy atom. The van der Waals surface area contributed by atoms with Gasteiger partial charge < -0.3 is 20.1 Å². The van der Waals surface area contributed by atoms with Crippen molar-refractivity contribution >= 4 is 5.69 Å². The third kappa shape index (κ3) is 2.17. The van der Waals surface area contributed by atoms with E-state index in [1.165, 1.54) is 5.69 Å². The van der Waals surface area contributed by atoms with Crippen molar-refractivity contribution in [2.24, 2.45) is 5.73 Å². The Hall–Kier alpha value is -1.42. The minimum Gasteiger partial charge on any atom is -0.486 e. The molecular formula is C13H18N2O2. The lowest BCUT2D eigenvalue weighted by Crippen LogP contribution is -2.39. The minimum atomic E-state index is 0.364. The molecule has 0 radical (unpaired) electrons. The van der Waals surface area contributed by atoms with E-state index >= 15 is 0 Å². The average Bonchev–Trinajstić information content (AvgIpc) is 2.39. The van der Waals surface area contributed by atoms with Gasteiger partial charge in [-0.1, -0.05) is 0 Å². The van der Waals surface area contributed by atoms with Crippen molar-refractivity contribution in [3.63, 3.8) is 0 Å². The van der Waals surface area contributed by atoms with E-state index in [1.807, 2.05) is 6.07 Å². The summed E-state index contributed by atoms with van der Waals surface area (Å²) in [6.07, 6.45) is 2.13. The predicted octanol–water partition coefficient (Wildman–Crippen LogP) is 1.39. The van der Waals surface area contributed by atoms with E-state index in [0.29, 0.717) is 19.3 Å². The quantitative estimate of drug-likeness (QED) is 0.797. The van der Waals surface area contributed by atoms with Gasteiger partial charge in [-0.05, 0) is 25.0 Å². The Labute approximate surface area is 101 Å². The van der Waals surface area contributed by atoms with Crippen LogP contribution in [0, 0.1) is 0 Å². The molecule has 0 bridgehead atoms. The van der Waals surface area contributed by atoms with E-state index in [2.05, 4.69) is 17.0 Å². The highest BCUT2D eigenvalue weighted by Crippen LogP contribution is 2.34. The average molecular weight is 234 g/mol. The molecule has 2 aliphatic rings. The third-order valence-electron chi connectivity index (χ3n) is 3.43. The van der Waals surface area contributed by atoms with Crippen molar-refractivity contribution in [2.75, 3.05) is 31.2 Å². The van der Waals surface area contributed by atoms with Crippen LogP contribution in [-0.4, -0.2) is 32.3 Å². The first-order valence-electron chi connectivity index (χ1n) is 6.23. The van der Waals surface area contributed by atoms with Crippen LogP contribution in [0.3, 0.4) is 0 Å². The predicted molar refractivity (Wildman–Crippen MR) is 66.9 cm³/mol. The number of ether oxygens (including phenoxy) is 2. The molecule has 1 aromatic rings. The molecule has 0 atom stereocenters. The van der Waals surface area contributed by atoms with Crippen LogP contribution >= 0.6 is 0 Å². The van der Waals surface area contributed by atoms with Gasteiger partial charge in [0.25, 0.3) is 0 Å². The molecule has 2 aliphatic heterocycles. The summed E-state index contributed by atoms with van der Waals surface area (Å²) >= 11 is 0.